The van der Waals surface area contributed by atoms with E-state index in [9.17, 15) is 4.39 Å². The molecule has 1 aliphatic rings. The van der Waals surface area contributed by atoms with Gasteiger partial charge < -0.3 is 0 Å². The highest BCUT2D eigenvalue weighted by Gasteiger charge is 2.28. The van der Waals surface area contributed by atoms with E-state index >= 15 is 0 Å². The molecule has 0 fully saturated rings. The van der Waals surface area contributed by atoms with Crippen LogP contribution in [0.15, 0.2) is 64.6 Å². The number of hydrogen-bond donors (Lipinski definition) is 0. The smallest absolute Gasteiger partial charge is 0.191 e. The molecule has 0 amide bonds. The standard InChI is InChI=1S/C17H14FN3S2/c18-14-8-4-5-9-15(14)22-10-13-11-23-17-20-19-16(21(13)17)12-6-2-1-3-7-12/h1-9,13H,10-11H2. The zero-order valence-corrected chi connectivity index (χ0v) is 13.9. The summed E-state index contributed by atoms with van der Waals surface area (Å²) >= 11 is 3.26. The Morgan fingerprint density at radius 3 is 2.70 bits per heavy atom. The van der Waals surface area contributed by atoms with E-state index in [1.807, 2.05) is 42.5 Å². The van der Waals surface area contributed by atoms with Crippen molar-refractivity contribution < 1.29 is 4.39 Å². The Labute approximate surface area is 142 Å². The molecule has 2 heterocycles. The van der Waals surface area contributed by atoms with E-state index < -0.39 is 0 Å². The van der Waals surface area contributed by atoms with E-state index in [2.05, 4.69) is 14.8 Å². The lowest BCUT2D eigenvalue weighted by atomic mass is 10.2. The van der Waals surface area contributed by atoms with Crippen molar-refractivity contribution in [3.05, 3.63) is 60.4 Å². The third kappa shape index (κ3) is 2.88. The van der Waals surface area contributed by atoms with Crippen molar-refractivity contribution in [2.45, 2.75) is 16.1 Å². The van der Waals surface area contributed by atoms with Gasteiger partial charge in [-0.2, -0.15) is 0 Å². The fourth-order valence-corrected chi connectivity index (χ4v) is 4.85. The molecule has 0 aliphatic carbocycles. The summed E-state index contributed by atoms with van der Waals surface area (Å²) in [5.74, 6) is 2.49. The van der Waals surface area contributed by atoms with Gasteiger partial charge in [0.15, 0.2) is 11.0 Å². The number of benzene rings is 2. The molecule has 6 heteroatoms. The Balaban J connectivity index is 1.58. The van der Waals surface area contributed by atoms with Gasteiger partial charge in [-0.1, -0.05) is 54.2 Å². The number of thioether (sulfide) groups is 2. The second-order valence-electron chi connectivity index (χ2n) is 5.25. The molecule has 0 saturated heterocycles. The normalized spacial score (nSPS) is 16.5. The predicted octanol–water partition coefficient (Wildman–Crippen LogP) is 4.52. The molecule has 1 unspecified atom stereocenters. The van der Waals surface area contributed by atoms with Crippen molar-refractivity contribution in [3.63, 3.8) is 0 Å². The third-order valence-corrected chi connectivity index (χ3v) is 6.02. The maximum absolute atomic E-state index is 13.8. The van der Waals surface area contributed by atoms with Crippen LogP contribution in [0.2, 0.25) is 0 Å². The van der Waals surface area contributed by atoms with Crippen LogP contribution in [0.1, 0.15) is 6.04 Å². The number of nitrogens with zero attached hydrogens (tertiary/aromatic N) is 3. The zero-order chi connectivity index (χ0) is 15.6. The number of rotatable bonds is 4. The van der Waals surface area contributed by atoms with Crippen LogP contribution >= 0.6 is 23.5 Å². The van der Waals surface area contributed by atoms with Crippen molar-refractivity contribution in [1.82, 2.24) is 14.8 Å². The van der Waals surface area contributed by atoms with E-state index in [4.69, 9.17) is 0 Å². The summed E-state index contributed by atoms with van der Waals surface area (Å²) < 4.78 is 16.0. The molecule has 3 nitrogen and oxygen atoms in total. The molecule has 1 atom stereocenters. The summed E-state index contributed by atoms with van der Waals surface area (Å²) in [4.78, 5) is 0.695. The Morgan fingerprint density at radius 1 is 1.09 bits per heavy atom. The van der Waals surface area contributed by atoms with Crippen molar-refractivity contribution >= 4 is 23.5 Å². The van der Waals surface area contributed by atoms with Gasteiger partial charge in [0.1, 0.15) is 5.82 Å². The fraction of sp³-hybridized carbons (Fsp3) is 0.176. The molecule has 3 aromatic rings. The third-order valence-electron chi connectivity index (χ3n) is 3.73. The molecule has 4 rings (SSSR count). The maximum atomic E-state index is 13.8. The van der Waals surface area contributed by atoms with Crippen LogP contribution in [0.5, 0.6) is 0 Å². The van der Waals surface area contributed by atoms with Gasteiger partial charge >= 0.3 is 0 Å². The van der Waals surface area contributed by atoms with Crippen LogP contribution in [0.3, 0.4) is 0 Å². The molecule has 0 spiro atoms. The second kappa shape index (κ2) is 6.37. The Morgan fingerprint density at radius 2 is 1.87 bits per heavy atom. The van der Waals surface area contributed by atoms with E-state index in [0.29, 0.717) is 4.90 Å². The van der Waals surface area contributed by atoms with E-state index in [1.165, 1.54) is 6.07 Å². The first-order valence-electron chi connectivity index (χ1n) is 7.33. The summed E-state index contributed by atoms with van der Waals surface area (Å²) in [7, 11) is 0. The molecule has 2 aromatic carbocycles. The Bertz CT molecular complexity index is 820. The number of hydrogen-bond acceptors (Lipinski definition) is 4. The lowest BCUT2D eigenvalue weighted by Crippen LogP contribution is -2.11. The maximum Gasteiger partial charge on any atom is 0.191 e. The highest BCUT2D eigenvalue weighted by atomic mass is 32.2. The summed E-state index contributed by atoms with van der Waals surface area (Å²) in [5.41, 5.74) is 1.06. The largest absolute Gasteiger partial charge is 0.297 e. The molecule has 0 N–H and O–H groups in total. The number of fused-ring (bicyclic) bond motifs is 1. The number of halogens is 1. The first-order chi connectivity index (χ1) is 11.3. The van der Waals surface area contributed by atoms with Crippen LogP contribution in [-0.2, 0) is 0 Å². The van der Waals surface area contributed by atoms with Crippen molar-refractivity contribution in [3.8, 4) is 11.4 Å². The van der Waals surface area contributed by atoms with E-state index in [-0.39, 0.29) is 11.9 Å². The van der Waals surface area contributed by atoms with Gasteiger partial charge in [0.25, 0.3) is 0 Å². The monoisotopic (exact) mass is 343 g/mol. The molecular formula is C17H14FN3S2. The fourth-order valence-electron chi connectivity index (χ4n) is 2.60. The van der Waals surface area contributed by atoms with E-state index in [1.54, 1.807) is 29.6 Å². The molecule has 116 valence electrons. The van der Waals surface area contributed by atoms with Crippen molar-refractivity contribution in [2.75, 3.05) is 11.5 Å². The second-order valence-corrected chi connectivity index (χ2v) is 7.30. The van der Waals surface area contributed by atoms with Gasteiger partial charge in [-0.05, 0) is 12.1 Å². The Hall–Kier alpha value is -1.79. The molecule has 0 radical (unpaired) electrons. The van der Waals surface area contributed by atoms with Crippen LogP contribution < -0.4 is 0 Å². The summed E-state index contributed by atoms with van der Waals surface area (Å²) in [6.45, 7) is 0. The zero-order valence-electron chi connectivity index (χ0n) is 12.2. The van der Waals surface area contributed by atoms with Crippen LogP contribution in [0, 0.1) is 5.82 Å². The molecule has 0 saturated carbocycles. The minimum atomic E-state index is -0.157. The quantitative estimate of drug-likeness (QED) is 0.652. The molecular weight excluding hydrogens is 329 g/mol. The highest BCUT2D eigenvalue weighted by molar-refractivity contribution is 8.00. The topological polar surface area (TPSA) is 30.7 Å². The first-order valence-corrected chi connectivity index (χ1v) is 9.30. The van der Waals surface area contributed by atoms with Gasteiger partial charge in [0.2, 0.25) is 0 Å². The van der Waals surface area contributed by atoms with Crippen LogP contribution in [0.4, 0.5) is 4.39 Å². The van der Waals surface area contributed by atoms with Gasteiger partial charge in [-0.3, -0.25) is 4.57 Å². The highest BCUT2D eigenvalue weighted by Crippen LogP contribution is 2.39. The van der Waals surface area contributed by atoms with Gasteiger partial charge in [0, 0.05) is 22.0 Å². The van der Waals surface area contributed by atoms with Crippen molar-refractivity contribution in [1.29, 1.82) is 0 Å². The van der Waals surface area contributed by atoms with Gasteiger partial charge in [-0.25, -0.2) is 4.39 Å². The Kier molecular flexibility index (Phi) is 4.10. The average Bonchev–Trinajstić information content (AvgIpc) is 3.17. The first kappa shape index (κ1) is 14.8. The lowest BCUT2D eigenvalue weighted by Gasteiger charge is -2.14. The summed E-state index contributed by atoms with van der Waals surface area (Å²) in [6.07, 6.45) is 0. The SMILES string of the molecule is Fc1ccccc1SCC1CSc2nnc(-c3ccccc3)n21. The van der Waals surface area contributed by atoms with E-state index in [0.717, 1.165) is 28.0 Å². The van der Waals surface area contributed by atoms with Crippen LogP contribution in [0.25, 0.3) is 11.4 Å². The predicted molar refractivity (Wildman–Crippen MR) is 92.3 cm³/mol. The summed E-state index contributed by atoms with van der Waals surface area (Å²) in [6, 6.07) is 17.3. The van der Waals surface area contributed by atoms with Gasteiger partial charge in [0.05, 0.1) is 6.04 Å². The molecule has 1 aromatic heterocycles. The lowest BCUT2D eigenvalue weighted by molar-refractivity contribution is 0.590. The number of aromatic nitrogens is 3. The van der Waals surface area contributed by atoms with Crippen LogP contribution in [-0.4, -0.2) is 26.3 Å². The molecule has 0 bridgehead atoms. The van der Waals surface area contributed by atoms with Gasteiger partial charge in [-0.15, -0.1) is 22.0 Å². The minimum Gasteiger partial charge on any atom is -0.297 e. The molecule has 1 aliphatic heterocycles. The average molecular weight is 343 g/mol. The molecule has 23 heavy (non-hydrogen) atoms. The summed E-state index contributed by atoms with van der Waals surface area (Å²) in [5, 5.41) is 9.58. The minimum absolute atomic E-state index is 0.157. The van der Waals surface area contributed by atoms with Crippen molar-refractivity contribution in [2.24, 2.45) is 0 Å².